The van der Waals surface area contributed by atoms with E-state index in [9.17, 15) is 14.4 Å². The van der Waals surface area contributed by atoms with Crippen molar-refractivity contribution in [3.05, 3.63) is 95.6 Å². The van der Waals surface area contributed by atoms with E-state index in [0.29, 0.717) is 18.0 Å². The van der Waals surface area contributed by atoms with E-state index in [4.69, 9.17) is 15.2 Å². The Morgan fingerprint density at radius 3 is 2.18 bits per heavy atom. The van der Waals surface area contributed by atoms with Crippen LogP contribution < -0.4 is 21.1 Å². The summed E-state index contributed by atoms with van der Waals surface area (Å²) in [5.74, 6) is -0.411. The average molecular weight is 447 g/mol. The van der Waals surface area contributed by atoms with Gasteiger partial charge in [0.2, 0.25) is 0 Å². The molecule has 0 aliphatic heterocycles. The minimum Gasteiger partial charge on any atom is -0.489 e. The summed E-state index contributed by atoms with van der Waals surface area (Å²) < 4.78 is 11.0. The van der Waals surface area contributed by atoms with Gasteiger partial charge in [0.25, 0.3) is 5.91 Å². The zero-order valence-corrected chi connectivity index (χ0v) is 18.1. The number of anilines is 1. The molecule has 0 radical (unpaired) electrons. The van der Waals surface area contributed by atoms with Gasteiger partial charge in [-0.15, -0.1) is 0 Å². The lowest BCUT2D eigenvalue weighted by atomic mass is 10.1. The molecule has 0 fully saturated rings. The highest BCUT2D eigenvalue weighted by Gasteiger charge is 2.19. The highest BCUT2D eigenvalue weighted by Crippen LogP contribution is 2.18. The molecule has 0 bridgehead atoms. The Bertz CT molecular complexity index is 1080. The predicted molar refractivity (Wildman–Crippen MR) is 124 cm³/mol. The van der Waals surface area contributed by atoms with Crippen molar-refractivity contribution >= 4 is 23.6 Å². The number of amides is 3. The largest absolute Gasteiger partial charge is 0.489 e. The second-order valence-electron chi connectivity index (χ2n) is 7.25. The van der Waals surface area contributed by atoms with Gasteiger partial charge in [-0.3, -0.25) is 4.79 Å². The standard InChI is InChI=1S/C25H25N3O5/c1-17(33-24(30)20-9-7-18(8-10-20)15-27-25(26)31)23(29)28-21-11-13-22(14-12-21)32-16-19-5-3-2-4-6-19/h2-14,17H,15-16H2,1H3,(H,28,29)(H3,26,27,31). The number of nitrogens with one attached hydrogen (secondary N) is 2. The Balaban J connectivity index is 1.47. The first-order chi connectivity index (χ1) is 15.9. The van der Waals surface area contributed by atoms with E-state index in [0.717, 1.165) is 11.1 Å². The van der Waals surface area contributed by atoms with E-state index in [1.807, 2.05) is 30.3 Å². The van der Waals surface area contributed by atoms with E-state index in [1.54, 1.807) is 48.5 Å². The molecule has 0 aliphatic rings. The summed E-state index contributed by atoms with van der Waals surface area (Å²) in [5, 5.41) is 5.17. The Morgan fingerprint density at radius 1 is 0.879 bits per heavy atom. The Labute approximate surface area is 191 Å². The summed E-state index contributed by atoms with van der Waals surface area (Å²) in [6.07, 6.45) is -0.997. The van der Waals surface area contributed by atoms with Crippen LogP contribution in [0.1, 0.15) is 28.4 Å². The van der Waals surface area contributed by atoms with Gasteiger partial charge in [-0.05, 0) is 54.4 Å². The van der Waals surface area contributed by atoms with Crippen molar-refractivity contribution in [2.75, 3.05) is 5.32 Å². The number of carbonyl (C=O) groups excluding carboxylic acids is 3. The highest BCUT2D eigenvalue weighted by molar-refractivity contribution is 5.97. The first-order valence-corrected chi connectivity index (χ1v) is 10.3. The van der Waals surface area contributed by atoms with Crippen molar-refractivity contribution in [2.45, 2.75) is 26.2 Å². The number of hydrogen-bond donors (Lipinski definition) is 3. The van der Waals surface area contributed by atoms with Crippen LogP contribution >= 0.6 is 0 Å². The molecule has 1 unspecified atom stereocenters. The molecule has 8 heteroatoms. The third kappa shape index (κ3) is 7.39. The molecule has 0 spiro atoms. The van der Waals surface area contributed by atoms with Gasteiger partial charge >= 0.3 is 12.0 Å². The predicted octanol–water partition coefficient (Wildman–Crippen LogP) is 3.62. The van der Waals surface area contributed by atoms with Gasteiger partial charge in [0, 0.05) is 12.2 Å². The summed E-state index contributed by atoms with van der Waals surface area (Å²) >= 11 is 0. The smallest absolute Gasteiger partial charge is 0.338 e. The van der Waals surface area contributed by atoms with Crippen LogP contribution in [0.25, 0.3) is 0 Å². The first kappa shape index (κ1) is 23.3. The maximum absolute atomic E-state index is 12.4. The van der Waals surface area contributed by atoms with E-state index in [1.165, 1.54) is 6.92 Å². The number of rotatable bonds is 9. The summed E-state index contributed by atoms with van der Waals surface area (Å²) in [7, 11) is 0. The number of urea groups is 1. The SMILES string of the molecule is CC(OC(=O)c1ccc(CNC(N)=O)cc1)C(=O)Nc1ccc(OCc2ccccc2)cc1. The number of nitrogens with two attached hydrogens (primary N) is 1. The fourth-order valence-corrected chi connectivity index (χ4v) is 2.85. The molecule has 0 aromatic heterocycles. The van der Waals surface area contributed by atoms with Crippen LogP contribution in [0.15, 0.2) is 78.9 Å². The molecule has 0 saturated carbocycles. The Hall–Kier alpha value is -4.33. The monoisotopic (exact) mass is 447 g/mol. The second kappa shape index (κ2) is 11.3. The molecular weight excluding hydrogens is 422 g/mol. The summed E-state index contributed by atoms with van der Waals surface area (Å²) in [5.41, 5.74) is 7.71. The molecule has 3 aromatic carbocycles. The van der Waals surface area contributed by atoms with Crippen molar-refractivity contribution in [3.63, 3.8) is 0 Å². The number of benzene rings is 3. The fourth-order valence-electron chi connectivity index (χ4n) is 2.85. The Morgan fingerprint density at radius 2 is 1.55 bits per heavy atom. The summed E-state index contributed by atoms with van der Waals surface area (Å²) in [4.78, 5) is 35.5. The third-order valence-corrected chi connectivity index (χ3v) is 4.68. The lowest BCUT2D eigenvalue weighted by Crippen LogP contribution is -2.30. The van der Waals surface area contributed by atoms with Gasteiger partial charge in [0.05, 0.1) is 5.56 Å². The molecule has 3 rings (SSSR count). The van der Waals surface area contributed by atoms with Crippen molar-refractivity contribution < 1.29 is 23.9 Å². The summed E-state index contributed by atoms with van der Waals surface area (Å²) in [6, 6.07) is 22.5. The number of ether oxygens (including phenoxy) is 2. The highest BCUT2D eigenvalue weighted by atomic mass is 16.5. The number of carbonyl (C=O) groups is 3. The number of esters is 1. The minimum absolute atomic E-state index is 0.250. The van der Waals surface area contributed by atoms with E-state index >= 15 is 0 Å². The number of hydrogen-bond acceptors (Lipinski definition) is 5. The molecule has 0 aliphatic carbocycles. The van der Waals surface area contributed by atoms with Crippen molar-refractivity contribution in [1.29, 1.82) is 0 Å². The molecule has 3 aromatic rings. The van der Waals surface area contributed by atoms with Gasteiger partial charge < -0.3 is 25.8 Å². The van der Waals surface area contributed by atoms with Crippen LogP contribution in [-0.4, -0.2) is 24.0 Å². The maximum Gasteiger partial charge on any atom is 0.338 e. The normalized spacial score (nSPS) is 11.2. The van der Waals surface area contributed by atoms with Crippen LogP contribution in [0.2, 0.25) is 0 Å². The van der Waals surface area contributed by atoms with E-state index in [-0.39, 0.29) is 12.1 Å². The Kier molecular flexibility index (Phi) is 8.02. The van der Waals surface area contributed by atoms with Crippen molar-refractivity contribution in [3.8, 4) is 5.75 Å². The van der Waals surface area contributed by atoms with Gasteiger partial charge in [-0.1, -0.05) is 42.5 Å². The maximum atomic E-state index is 12.4. The van der Waals surface area contributed by atoms with Crippen LogP contribution in [-0.2, 0) is 22.7 Å². The molecule has 4 N–H and O–H groups in total. The van der Waals surface area contributed by atoms with E-state index in [2.05, 4.69) is 10.6 Å². The van der Waals surface area contributed by atoms with Crippen molar-refractivity contribution in [1.82, 2.24) is 5.32 Å². The zero-order valence-electron chi connectivity index (χ0n) is 18.1. The van der Waals surface area contributed by atoms with Crippen LogP contribution in [0.3, 0.4) is 0 Å². The molecule has 3 amide bonds. The summed E-state index contributed by atoms with van der Waals surface area (Å²) in [6.45, 7) is 2.19. The molecule has 8 nitrogen and oxygen atoms in total. The molecule has 1 atom stereocenters. The molecule has 170 valence electrons. The van der Waals surface area contributed by atoms with Gasteiger partial charge in [-0.2, -0.15) is 0 Å². The lowest BCUT2D eigenvalue weighted by Gasteiger charge is -2.14. The van der Waals surface area contributed by atoms with Gasteiger partial charge in [0.15, 0.2) is 6.10 Å². The van der Waals surface area contributed by atoms with Crippen LogP contribution in [0.5, 0.6) is 5.75 Å². The minimum atomic E-state index is -0.997. The van der Waals surface area contributed by atoms with Crippen LogP contribution in [0, 0.1) is 0 Å². The topological polar surface area (TPSA) is 120 Å². The van der Waals surface area contributed by atoms with Crippen molar-refractivity contribution in [2.24, 2.45) is 5.73 Å². The molecule has 0 saturated heterocycles. The molecule has 0 heterocycles. The zero-order chi connectivity index (χ0) is 23.6. The van der Waals surface area contributed by atoms with Gasteiger partial charge in [0.1, 0.15) is 12.4 Å². The average Bonchev–Trinajstić information content (AvgIpc) is 2.83. The lowest BCUT2D eigenvalue weighted by molar-refractivity contribution is -0.123. The second-order valence-corrected chi connectivity index (χ2v) is 7.25. The third-order valence-electron chi connectivity index (χ3n) is 4.68. The molecular formula is C25H25N3O5. The quantitative estimate of drug-likeness (QED) is 0.433. The van der Waals surface area contributed by atoms with Gasteiger partial charge in [-0.25, -0.2) is 9.59 Å². The molecule has 33 heavy (non-hydrogen) atoms. The van der Waals surface area contributed by atoms with E-state index < -0.39 is 24.0 Å². The van der Waals surface area contributed by atoms with Crippen LogP contribution in [0.4, 0.5) is 10.5 Å². The fraction of sp³-hybridized carbons (Fsp3) is 0.160. The first-order valence-electron chi connectivity index (χ1n) is 10.3. The number of primary amides is 1.